The molecule has 0 unspecified atom stereocenters. The van der Waals surface area contributed by atoms with Gasteiger partial charge in [-0.3, -0.25) is 0 Å². The van der Waals surface area contributed by atoms with Gasteiger partial charge in [0.2, 0.25) is 0 Å². The van der Waals surface area contributed by atoms with Crippen molar-refractivity contribution in [1.82, 2.24) is 0 Å². The monoisotopic (exact) mass is 420 g/mol. The van der Waals surface area contributed by atoms with E-state index < -0.39 is 5.97 Å². The summed E-state index contributed by atoms with van der Waals surface area (Å²) in [5, 5.41) is 9.26. The van der Waals surface area contributed by atoms with Gasteiger partial charge in [-0.25, -0.2) is 0 Å². The first-order chi connectivity index (χ1) is 14.5. The number of aliphatic carboxylic acids is 1. The van der Waals surface area contributed by atoms with Crippen LogP contribution in [0.15, 0.2) is 87.5 Å². The molecule has 3 aromatic rings. The van der Waals surface area contributed by atoms with Crippen LogP contribution in [-0.4, -0.2) is 5.97 Å². The summed E-state index contributed by atoms with van der Waals surface area (Å²) in [6.07, 6.45) is 3.37. The quantitative estimate of drug-likeness (QED) is 0.466. The summed E-state index contributed by atoms with van der Waals surface area (Å²) < 4.78 is 0. The summed E-state index contributed by atoms with van der Waals surface area (Å²) in [6.45, 7) is 8.17. The van der Waals surface area contributed by atoms with Gasteiger partial charge in [0.15, 0.2) is 14.7 Å². The van der Waals surface area contributed by atoms with Crippen LogP contribution in [0, 0.1) is 0 Å². The third kappa shape index (κ3) is 6.77. The zero-order chi connectivity index (χ0) is 21.9. The summed E-state index contributed by atoms with van der Waals surface area (Å²) in [6, 6.07) is 27.5. The molecule has 3 heteroatoms. The molecule has 0 saturated heterocycles. The maximum absolute atomic E-state index is 9.26. The molecule has 0 N–H and O–H groups in total. The first kappa shape index (κ1) is 23.8. The van der Waals surface area contributed by atoms with Gasteiger partial charge in [0.05, 0.1) is 10.9 Å². The van der Waals surface area contributed by atoms with Crippen LogP contribution in [0.25, 0.3) is 0 Å². The Kier molecular flexibility index (Phi) is 9.69. The molecule has 0 spiro atoms. The van der Waals surface area contributed by atoms with E-state index in [0.717, 1.165) is 19.3 Å². The van der Waals surface area contributed by atoms with E-state index in [1.54, 1.807) is 0 Å². The van der Waals surface area contributed by atoms with Gasteiger partial charge in [-0.2, -0.15) is 0 Å². The Bertz CT molecular complexity index is 784. The fourth-order valence-electron chi connectivity index (χ4n) is 2.99. The molecule has 0 atom stereocenters. The molecule has 3 aromatic carbocycles. The zero-order valence-electron chi connectivity index (χ0n) is 18.5. The second-order valence-electron chi connectivity index (χ2n) is 7.02. The zero-order valence-corrected chi connectivity index (χ0v) is 19.3. The number of benzene rings is 3. The fourth-order valence-corrected chi connectivity index (χ4v) is 5.03. The van der Waals surface area contributed by atoms with Crippen molar-refractivity contribution in [2.45, 2.75) is 68.1 Å². The van der Waals surface area contributed by atoms with E-state index in [-0.39, 0.29) is 17.3 Å². The van der Waals surface area contributed by atoms with Crippen LogP contribution in [0.1, 0.15) is 50.8 Å². The Hall–Kier alpha value is -2.52. The Morgan fingerprint density at radius 1 is 0.600 bits per heavy atom. The normalized spacial score (nSPS) is 10.4. The van der Waals surface area contributed by atoms with Crippen LogP contribution in [0.4, 0.5) is 0 Å². The molecule has 0 amide bonds. The number of carbonyl (C=O) groups is 1. The predicted molar refractivity (Wildman–Crippen MR) is 125 cm³/mol. The highest BCUT2D eigenvalue weighted by atomic mass is 32.2. The van der Waals surface area contributed by atoms with Crippen molar-refractivity contribution in [3.8, 4) is 0 Å². The third-order valence-electron chi connectivity index (χ3n) is 4.99. The highest BCUT2D eigenvalue weighted by Gasteiger charge is 2.28. The lowest BCUT2D eigenvalue weighted by Gasteiger charge is -2.10. The average molecular weight is 421 g/mol. The van der Waals surface area contributed by atoms with Crippen LogP contribution in [0.2, 0.25) is 0 Å². The van der Waals surface area contributed by atoms with Gasteiger partial charge in [-0.1, -0.05) is 64.1 Å². The highest BCUT2D eigenvalue weighted by Crippen LogP contribution is 2.32. The van der Waals surface area contributed by atoms with Crippen LogP contribution < -0.4 is 5.11 Å². The summed E-state index contributed by atoms with van der Waals surface area (Å²) in [5.41, 5.74) is 4.19. The summed E-state index contributed by atoms with van der Waals surface area (Å²) in [4.78, 5) is 13.4. The average Bonchev–Trinajstić information content (AvgIpc) is 2.81. The first-order valence-corrected chi connectivity index (χ1v) is 12.0. The van der Waals surface area contributed by atoms with Crippen molar-refractivity contribution in [2.24, 2.45) is 0 Å². The molecule has 30 heavy (non-hydrogen) atoms. The molecular weight excluding hydrogens is 388 g/mol. The number of rotatable bonds is 7. The number of hydrogen-bond acceptors (Lipinski definition) is 2. The fraction of sp³-hybridized carbons (Fsp3) is 0.296. The second-order valence-corrected chi connectivity index (χ2v) is 9.05. The molecular formula is C27H32O2S. The van der Waals surface area contributed by atoms with Gasteiger partial charge in [-0.05, 0) is 78.8 Å². The molecule has 2 nitrogen and oxygen atoms in total. The topological polar surface area (TPSA) is 40.1 Å². The lowest BCUT2D eigenvalue weighted by molar-refractivity contribution is -0.305. The molecule has 0 fully saturated rings. The number of hydrogen-bond donors (Lipinski definition) is 0. The SMILES string of the molecule is CCC(=O)[O-].CCc1ccc([S+](c2ccc(CC)cc2)c2ccc(CC)cc2)cc1. The number of aryl methyl sites for hydroxylation is 3. The standard InChI is InChI=1S/C24H27S.C3H6O2/c1-4-19-7-13-22(14-8-19)25(23-15-9-20(5-2)10-16-23)24-17-11-21(6-3)12-18-24;1-2-3(4)5/h7-18H,4-6H2,1-3H3;2H2,1H3,(H,4,5)/q+1;/p-1. The first-order valence-electron chi connectivity index (χ1n) is 10.7. The van der Waals surface area contributed by atoms with Crippen molar-refractivity contribution in [2.75, 3.05) is 0 Å². The Morgan fingerprint density at radius 2 is 0.833 bits per heavy atom. The van der Waals surface area contributed by atoms with E-state index in [9.17, 15) is 9.90 Å². The van der Waals surface area contributed by atoms with Gasteiger partial charge in [0.25, 0.3) is 0 Å². The second kappa shape index (κ2) is 12.2. The van der Waals surface area contributed by atoms with Crippen LogP contribution in [0.3, 0.4) is 0 Å². The van der Waals surface area contributed by atoms with Crippen LogP contribution in [0.5, 0.6) is 0 Å². The predicted octanol–water partition coefficient (Wildman–Crippen LogP) is 5.62. The molecule has 0 bridgehead atoms. The molecule has 0 aromatic heterocycles. The van der Waals surface area contributed by atoms with Crippen molar-refractivity contribution >= 4 is 16.9 Å². The van der Waals surface area contributed by atoms with Gasteiger partial charge < -0.3 is 9.90 Å². The van der Waals surface area contributed by atoms with E-state index in [0.29, 0.717) is 0 Å². The van der Waals surface area contributed by atoms with E-state index >= 15 is 0 Å². The minimum atomic E-state index is -0.995. The van der Waals surface area contributed by atoms with Crippen molar-refractivity contribution in [3.05, 3.63) is 89.5 Å². The Morgan fingerprint density at radius 3 is 1.00 bits per heavy atom. The molecule has 0 aliphatic heterocycles. The van der Waals surface area contributed by atoms with E-state index in [4.69, 9.17) is 0 Å². The molecule has 0 aliphatic rings. The van der Waals surface area contributed by atoms with E-state index in [1.165, 1.54) is 38.3 Å². The number of carbonyl (C=O) groups excluding carboxylic acids is 1. The van der Waals surface area contributed by atoms with Gasteiger partial charge in [-0.15, -0.1) is 0 Å². The van der Waals surface area contributed by atoms with Crippen molar-refractivity contribution in [1.29, 1.82) is 0 Å². The van der Waals surface area contributed by atoms with Crippen LogP contribution in [-0.2, 0) is 35.0 Å². The van der Waals surface area contributed by atoms with Gasteiger partial charge >= 0.3 is 0 Å². The maximum atomic E-state index is 9.26. The van der Waals surface area contributed by atoms with Gasteiger partial charge in [0.1, 0.15) is 0 Å². The van der Waals surface area contributed by atoms with Crippen molar-refractivity contribution < 1.29 is 9.90 Å². The number of carboxylic acids is 1. The molecule has 0 saturated carbocycles. The summed E-state index contributed by atoms with van der Waals surface area (Å²) in [5.74, 6) is -0.995. The van der Waals surface area contributed by atoms with Crippen LogP contribution >= 0.6 is 0 Å². The lowest BCUT2D eigenvalue weighted by atomic mass is 10.2. The minimum Gasteiger partial charge on any atom is -0.550 e. The molecule has 0 radical (unpaired) electrons. The van der Waals surface area contributed by atoms with Gasteiger partial charge in [0, 0.05) is 5.97 Å². The molecule has 3 rings (SSSR count). The minimum absolute atomic E-state index is 0.0454. The summed E-state index contributed by atoms with van der Waals surface area (Å²) >= 11 is 0. The van der Waals surface area contributed by atoms with E-state index in [1.807, 2.05) is 0 Å². The summed E-state index contributed by atoms with van der Waals surface area (Å²) in [7, 11) is -0.0454. The lowest BCUT2D eigenvalue weighted by Crippen LogP contribution is -2.19. The highest BCUT2D eigenvalue weighted by molar-refractivity contribution is 7.97. The largest absolute Gasteiger partial charge is 0.550 e. The molecule has 158 valence electrons. The molecule has 0 aliphatic carbocycles. The maximum Gasteiger partial charge on any atom is 0.166 e. The van der Waals surface area contributed by atoms with Crippen molar-refractivity contribution in [3.63, 3.8) is 0 Å². The Balaban J connectivity index is 0.000000575. The smallest absolute Gasteiger partial charge is 0.166 e. The third-order valence-corrected chi connectivity index (χ3v) is 7.22. The van der Waals surface area contributed by atoms with E-state index in [2.05, 4.69) is 93.6 Å². The Labute approximate surface area is 184 Å². The number of carboxylic acid groups (broad SMARTS) is 1. The molecule has 0 heterocycles.